The molecule has 0 heterocycles. The van der Waals surface area contributed by atoms with E-state index in [-0.39, 0.29) is 5.82 Å². The zero-order valence-electron chi connectivity index (χ0n) is 10.4. The highest BCUT2D eigenvalue weighted by atomic mass is 35.5. The summed E-state index contributed by atoms with van der Waals surface area (Å²) in [6, 6.07) is 11.6. The molecule has 0 saturated carbocycles. The Balaban J connectivity index is 2.28. The van der Waals surface area contributed by atoms with E-state index in [1.807, 2.05) is 11.9 Å². The number of aldehydes is 1. The molecule has 0 aliphatic rings. The van der Waals surface area contributed by atoms with Crippen molar-refractivity contribution >= 4 is 23.6 Å². The number of hydrogen-bond donors (Lipinski definition) is 0. The van der Waals surface area contributed by atoms with Gasteiger partial charge in [-0.05, 0) is 24.3 Å². The molecule has 0 unspecified atom stereocenters. The number of carbonyl (C=O) groups is 1. The smallest absolute Gasteiger partial charge is 0.152 e. The summed E-state index contributed by atoms with van der Waals surface area (Å²) in [5.41, 5.74) is 1.80. The van der Waals surface area contributed by atoms with Crippen LogP contribution in [0.3, 0.4) is 0 Å². The van der Waals surface area contributed by atoms with E-state index >= 15 is 0 Å². The first-order valence-electron chi connectivity index (χ1n) is 5.81. The summed E-state index contributed by atoms with van der Waals surface area (Å²) in [7, 11) is 1.81. The zero-order valence-corrected chi connectivity index (χ0v) is 11.2. The molecule has 2 nitrogen and oxygen atoms in total. The molecule has 0 spiro atoms. The number of benzene rings is 2. The van der Waals surface area contributed by atoms with Crippen molar-refractivity contribution in [1.82, 2.24) is 0 Å². The van der Waals surface area contributed by atoms with Gasteiger partial charge in [0.15, 0.2) is 6.29 Å². The molecule has 2 aromatic carbocycles. The minimum atomic E-state index is -0.254. The molecule has 4 heteroatoms. The molecule has 0 aromatic heterocycles. The number of anilines is 1. The van der Waals surface area contributed by atoms with E-state index in [0.29, 0.717) is 22.7 Å². The van der Waals surface area contributed by atoms with Crippen molar-refractivity contribution < 1.29 is 9.18 Å². The average molecular weight is 278 g/mol. The van der Waals surface area contributed by atoms with Crippen LogP contribution in [0.5, 0.6) is 0 Å². The van der Waals surface area contributed by atoms with E-state index in [1.54, 1.807) is 36.4 Å². The molecule has 0 radical (unpaired) electrons. The van der Waals surface area contributed by atoms with Gasteiger partial charge in [-0.15, -0.1) is 0 Å². The highest BCUT2D eigenvalue weighted by molar-refractivity contribution is 6.31. The molecule has 19 heavy (non-hydrogen) atoms. The second kappa shape index (κ2) is 5.85. The van der Waals surface area contributed by atoms with Gasteiger partial charge in [-0.1, -0.05) is 29.8 Å². The quantitative estimate of drug-likeness (QED) is 0.789. The topological polar surface area (TPSA) is 20.3 Å². The first kappa shape index (κ1) is 13.6. The fraction of sp³-hybridized carbons (Fsp3) is 0.133. The van der Waals surface area contributed by atoms with Crippen molar-refractivity contribution in [2.24, 2.45) is 0 Å². The van der Waals surface area contributed by atoms with Crippen molar-refractivity contribution in [2.45, 2.75) is 6.54 Å². The van der Waals surface area contributed by atoms with E-state index in [4.69, 9.17) is 11.6 Å². The Morgan fingerprint density at radius 1 is 1.26 bits per heavy atom. The van der Waals surface area contributed by atoms with Crippen LogP contribution < -0.4 is 4.90 Å². The van der Waals surface area contributed by atoms with Gasteiger partial charge >= 0.3 is 0 Å². The molecule has 0 amide bonds. The van der Waals surface area contributed by atoms with Crippen molar-refractivity contribution in [3.63, 3.8) is 0 Å². The Hall–Kier alpha value is -1.87. The molecule has 98 valence electrons. The van der Waals surface area contributed by atoms with Gasteiger partial charge in [0, 0.05) is 35.4 Å². The largest absolute Gasteiger partial charge is 0.370 e. The third-order valence-electron chi connectivity index (χ3n) is 2.89. The third-order valence-corrected chi connectivity index (χ3v) is 3.13. The van der Waals surface area contributed by atoms with Gasteiger partial charge in [0.25, 0.3) is 0 Å². The maximum atomic E-state index is 13.6. The van der Waals surface area contributed by atoms with E-state index < -0.39 is 0 Å². The predicted octanol–water partition coefficient (Wildman–Crippen LogP) is 3.93. The van der Waals surface area contributed by atoms with Crippen LogP contribution in [0.2, 0.25) is 5.02 Å². The molecule has 0 saturated heterocycles. The molecule has 0 N–H and O–H groups in total. The van der Waals surface area contributed by atoms with Gasteiger partial charge in [-0.2, -0.15) is 0 Å². The highest BCUT2D eigenvalue weighted by Gasteiger charge is 2.10. The summed E-state index contributed by atoms with van der Waals surface area (Å²) in [4.78, 5) is 12.9. The Morgan fingerprint density at radius 3 is 2.68 bits per heavy atom. The summed E-state index contributed by atoms with van der Waals surface area (Å²) in [5, 5.41) is 0.505. The van der Waals surface area contributed by atoms with E-state index in [9.17, 15) is 9.18 Å². The average Bonchev–Trinajstić information content (AvgIpc) is 2.41. The first-order valence-corrected chi connectivity index (χ1v) is 6.19. The lowest BCUT2D eigenvalue weighted by Crippen LogP contribution is -2.18. The fourth-order valence-corrected chi connectivity index (χ4v) is 2.12. The number of carbonyl (C=O) groups excluding carboxylic acids is 1. The number of hydrogen-bond acceptors (Lipinski definition) is 2. The number of nitrogens with zero attached hydrogens (tertiary/aromatic N) is 1. The van der Waals surface area contributed by atoms with Crippen LogP contribution in [0.15, 0.2) is 42.5 Å². The summed E-state index contributed by atoms with van der Waals surface area (Å²) in [6.07, 6.45) is 0.749. The summed E-state index contributed by atoms with van der Waals surface area (Å²) >= 11 is 5.85. The monoisotopic (exact) mass is 277 g/mol. The zero-order chi connectivity index (χ0) is 13.8. The number of halogens is 2. The second-order valence-electron chi connectivity index (χ2n) is 4.27. The molecule has 2 aromatic rings. The van der Waals surface area contributed by atoms with Crippen LogP contribution in [0.25, 0.3) is 0 Å². The van der Waals surface area contributed by atoms with E-state index in [1.165, 1.54) is 6.07 Å². The van der Waals surface area contributed by atoms with Crippen LogP contribution in [-0.2, 0) is 6.54 Å². The molecule has 0 aliphatic carbocycles. The van der Waals surface area contributed by atoms with Gasteiger partial charge in [-0.3, -0.25) is 4.79 Å². The lowest BCUT2D eigenvalue weighted by molar-refractivity contribution is 0.112. The van der Waals surface area contributed by atoms with Crippen molar-refractivity contribution in [3.05, 3.63) is 64.4 Å². The molecular weight excluding hydrogens is 265 g/mol. The molecule has 0 fully saturated rings. The third kappa shape index (κ3) is 3.12. The van der Waals surface area contributed by atoms with E-state index in [2.05, 4.69) is 0 Å². The van der Waals surface area contributed by atoms with Gasteiger partial charge in [0.1, 0.15) is 5.82 Å². The van der Waals surface area contributed by atoms with Gasteiger partial charge in [0.05, 0.1) is 0 Å². The maximum absolute atomic E-state index is 13.6. The van der Waals surface area contributed by atoms with Crippen LogP contribution in [-0.4, -0.2) is 13.3 Å². The highest BCUT2D eigenvalue weighted by Crippen LogP contribution is 2.24. The van der Waals surface area contributed by atoms with Crippen molar-refractivity contribution in [3.8, 4) is 0 Å². The maximum Gasteiger partial charge on any atom is 0.152 e. The molecular formula is C15H13ClFNO. The van der Waals surface area contributed by atoms with Crippen molar-refractivity contribution in [2.75, 3.05) is 11.9 Å². The normalized spacial score (nSPS) is 10.3. The fourth-order valence-electron chi connectivity index (χ4n) is 1.93. The Bertz CT molecular complexity index is 600. The van der Waals surface area contributed by atoms with E-state index in [0.717, 1.165) is 12.0 Å². The molecule has 2 rings (SSSR count). The molecule has 0 bridgehead atoms. The Labute approximate surface area is 116 Å². The van der Waals surface area contributed by atoms with Gasteiger partial charge in [-0.25, -0.2) is 4.39 Å². The first-order chi connectivity index (χ1) is 9.11. The van der Waals surface area contributed by atoms with Crippen LogP contribution in [0.4, 0.5) is 10.1 Å². The Kier molecular flexibility index (Phi) is 4.17. The minimum absolute atomic E-state index is 0.254. The SMILES string of the molecule is CN(Cc1ccccc1F)c1ccc(Cl)cc1C=O. The van der Waals surface area contributed by atoms with Gasteiger partial charge in [0.2, 0.25) is 0 Å². The minimum Gasteiger partial charge on any atom is -0.370 e. The predicted molar refractivity (Wildman–Crippen MR) is 75.3 cm³/mol. The summed E-state index contributed by atoms with van der Waals surface area (Å²) in [5.74, 6) is -0.254. The standard InChI is InChI=1S/C15H13ClFNO/c1-18(9-11-4-2-3-5-14(11)17)15-7-6-13(16)8-12(15)10-19/h2-8,10H,9H2,1H3. The lowest BCUT2D eigenvalue weighted by Gasteiger charge is -2.21. The van der Waals surface area contributed by atoms with Gasteiger partial charge < -0.3 is 4.90 Å². The number of rotatable bonds is 4. The van der Waals surface area contributed by atoms with Crippen LogP contribution >= 0.6 is 11.6 Å². The van der Waals surface area contributed by atoms with Crippen LogP contribution in [0, 0.1) is 5.82 Å². The lowest BCUT2D eigenvalue weighted by atomic mass is 10.1. The molecule has 0 aliphatic heterocycles. The summed E-state index contributed by atoms with van der Waals surface area (Å²) in [6.45, 7) is 0.384. The van der Waals surface area contributed by atoms with Crippen molar-refractivity contribution in [1.29, 1.82) is 0 Å². The Morgan fingerprint density at radius 2 is 2.00 bits per heavy atom. The van der Waals surface area contributed by atoms with Crippen LogP contribution in [0.1, 0.15) is 15.9 Å². The second-order valence-corrected chi connectivity index (χ2v) is 4.70. The molecule has 0 atom stereocenters. The summed E-state index contributed by atoms with van der Waals surface area (Å²) < 4.78 is 13.6.